The highest BCUT2D eigenvalue weighted by molar-refractivity contribution is 5.79. The fraction of sp³-hybridized carbons (Fsp3) is 0.552. The molecule has 2 aliphatic heterocycles. The quantitative estimate of drug-likeness (QED) is 0.537. The molecule has 2 aliphatic rings. The van der Waals surface area contributed by atoms with Crippen LogP contribution in [0.2, 0.25) is 0 Å². The second-order valence-corrected chi connectivity index (χ2v) is 11.3. The lowest BCUT2D eigenvalue weighted by molar-refractivity contribution is -0.127. The number of rotatable bonds is 7. The van der Waals surface area contributed by atoms with Gasteiger partial charge in [-0.1, -0.05) is 19.4 Å². The van der Waals surface area contributed by atoms with Gasteiger partial charge >= 0.3 is 6.09 Å². The zero-order valence-corrected chi connectivity index (χ0v) is 23.4. The van der Waals surface area contributed by atoms with Crippen LogP contribution in [0.25, 0.3) is 0 Å². The minimum atomic E-state index is -0.528. The van der Waals surface area contributed by atoms with Crippen LogP contribution in [-0.2, 0) is 16.0 Å². The fourth-order valence-corrected chi connectivity index (χ4v) is 4.94. The smallest absolute Gasteiger partial charge is 0.410 e. The number of piperidine rings is 1. The summed E-state index contributed by atoms with van der Waals surface area (Å²) in [4.78, 5) is 38.7. The average molecular weight is 534 g/mol. The minimum absolute atomic E-state index is 0.0368. The van der Waals surface area contributed by atoms with Crippen LogP contribution in [0.4, 0.5) is 22.2 Å². The summed E-state index contributed by atoms with van der Waals surface area (Å²) in [5.41, 5.74) is 1.75. The monoisotopic (exact) mass is 533 g/mol. The zero-order valence-electron chi connectivity index (χ0n) is 23.4. The van der Waals surface area contributed by atoms with Crippen molar-refractivity contribution in [2.24, 2.45) is 5.92 Å². The van der Waals surface area contributed by atoms with Crippen molar-refractivity contribution in [3.63, 3.8) is 0 Å². The minimum Gasteiger partial charge on any atom is -0.444 e. The lowest BCUT2D eigenvalue weighted by Crippen LogP contribution is -2.47. The number of benzene rings is 1. The number of aryl methyl sites for hydroxylation is 1. The van der Waals surface area contributed by atoms with E-state index in [1.54, 1.807) is 17.0 Å². The van der Waals surface area contributed by atoms with Crippen molar-refractivity contribution >= 4 is 29.5 Å². The maximum absolute atomic E-state index is 13.0. The molecule has 1 aromatic carbocycles. The summed E-state index contributed by atoms with van der Waals surface area (Å²) >= 11 is 0. The van der Waals surface area contributed by atoms with Crippen LogP contribution in [0.5, 0.6) is 0 Å². The molecule has 2 aromatic rings. The van der Waals surface area contributed by atoms with Crippen molar-refractivity contribution in [1.82, 2.24) is 20.2 Å². The molecule has 10 heteroatoms. The molecule has 2 saturated heterocycles. The van der Waals surface area contributed by atoms with Crippen molar-refractivity contribution in [3.8, 4) is 6.07 Å². The van der Waals surface area contributed by atoms with Gasteiger partial charge in [-0.2, -0.15) is 10.2 Å². The number of carbonyl (C=O) groups is 2. The van der Waals surface area contributed by atoms with Crippen LogP contribution in [0.1, 0.15) is 64.6 Å². The zero-order chi connectivity index (χ0) is 28.0. The molecule has 1 unspecified atom stereocenters. The van der Waals surface area contributed by atoms with Crippen molar-refractivity contribution in [2.75, 3.05) is 36.4 Å². The average Bonchev–Trinajstić information content (AvgIpc) is 3.36. The van der Waals surface area contributed by atoms with Gasteiger partial charge in [0.15, 0.2) is 0 Å². The summed E-state index contributed by atoms with van der Waals surface area (Å²) in [5.74, 6) is 1.28. The molecule has 0 radical (unpaired) electrons. The van der Waals surface area contributed by atoms with Crippen LogP contribution >= 0.6 is 0 Å². The van der Waals surface area contributed by atoms with E-state index in [4.69, 9.17) is 9.72 Å². The Labute approximate surface area is 230 Å². The largest absolute Gasteiger partial charge is 0.444 e. The predicted molar refractivity (Wildman–Crippen MR) is 150 cm³/mol. The topological polar surface area (TPSA) is 123 Å². The summed E-state index contributed by atoms with van der Waals surface area (Å²) in [5, 5.41) is 15.7. The number of hydrogen-bond donors (Lipinski definition) is 2. The van der Waals surface area contributed by atoms with Crippen LogP contribution in [0.3, 0.4) is 0 Å². The van der Waals surface area contributed by atoms with Gasteiger partial charge in [0, 0.05) is 55.6 Å². The molecule has 2 N–H and O–H groups in total. The van der Waals surface area contributed by atoms with Gasteiger partial charge in [-0.15, -0.1) is 0 Å². The SMILES string of the molecule is CCCc1cc(N2CCC(NC(=O)C3CCN(C(=O)OC(C)(C)C)CC3)C2)nc(Nc2cccc(C#N)c2)n1. The van der Waals surface area contributed by atoms with E-state index in [-0.39, 0.29) is 24.0 Å². The Bertz CT molecular complexity index is 1210. The number of nitrogens with zero attached hydrogens (tertiary/aromatic N) is 5. The summed E-state index contributed by atoms with van der Waals surface area (Å²) in [7, 11) is 0. The van der Waals surface area contributed by atoms with Gasteiger partial charge < -0.3 is 25.2 Å². The Morgan fingerprint density at radius 2 is 1.90 bits per heavy atom. The van der Waals surface area contributed by atoms with Crippen LogP contribution < -0.4 is 15.5 Å². The first-order valence-corrected chi connectivity index (χ1v) is 13.8. The Morgan fingerprint density at radius 1 is 1.13 bits per heavy atom. The van der Waals surface area contributed by atoms with Crippen molar-refractivity contribution < 1.29 is 14.3 Å². The third-order valence-electron chi connectivity index (χ3n) is 6.90. The van der Waals surface area contributed by atoms with E-state index in [0.717, 1.165) is 43.0 Å². The maximum Gasteiger partial charge on any atom is 0.410 e. The number of amides is 2. The van der Waals surface area contributed by atoms with Gasteiger partial charge in [0.2, 0.25) is 11.9 Å². The fourth-order valence-electron chi connectivity index (χ4n) is 4.94. The standard InChI is InChI=1S/C29H39N7O3/c1-5-7-22-17-25(34-27(32-22)33-23-9-6-8-20(16-23)18-30)36-15-12-24(19-36)31-26(37)21-10-13-35(14-11-21)28(38)39-29(2,3)4/h6,8-9,16-17,21,24H,5,7,10-15,19H2,1-4H3,(H,31,37)(H,32,33,34). The van der Waals surface area contributed by atoms with Gasteiger partial charge in [-0.25, -0.2) is 9.78 Å². The van der Waals surface area contributed by atoms with Crippen molar-refractivity contribution in [3.05, 3.63) is 41.6 Å². The highest BCUT2D eigenvalue weighted by atomic mass is 16.6. The van der Waals surface area contributed by atoms with Crippen LogP contribution in [0, 0.1) is 17.2 Å². The summed E-state index contributed by atoms with van der Waals surface area (Å²) in [6.45, 7) is 10.2. The number of hydrogen-bond acceptors (Lipinski definition) is 8. The van der Waals surface area contributed by atoms with E-state index in [2.05, 4.69) is 33.5 Å². The molecule has 0 bridgehead atoms. The Morgan fingerprint density at radius 3 is 2.59 bits per heavy atom. The van der Waals surface area contributed by atoms with E-state index < -0.39 is 5.60 Å². The Hall–Kier alpha value is -3.87. The van der Waals surface area contributed by atoms with Crippen molar-refractivity contribution in [2.45, 2.75) is 71.4 Å². The number of anilines is 3. The molecule has 3 heterocycles. The van der Waals surface area contributed by atoms with E-state index in [1.165, 1.54) is 0 Å². The van der Waals surface area contributed by atoms with E-state index in [9.17, 15) is 14.9 Å². The number of carbonyl (C=O) groups excluding carboxylic acids is 2. The number of aromatic nitrogens is 2. The number of nitrogens with one attached hydrogen (secondary N) is 2. The number of ether oxygens (including phenoxy) is 1. The third kappa shape index (κ3) is 7.82. The van der Waals surface area contributed by atoms with Gasteiger partial charge in [0.1, 0.15) is 11.4 Å². The molecule has 208 valence electrons. The highest BCUT2D eigenvalue weighted by Gasteiger charge is 2.32. The van der Waals surface area contributed by atoms with Gasteiger partial charge in [0.25, 0.3) is 0 Å². The van der Waals surface area contributed by atoms with Crippen LogP contribution in [0.15, 0.2) is 30.3 Å². The second-order valence-electron chi connectivity index (χ2n) is 11.3. The molecule has 1 atom stereocenters. The molecular formula is C29H39N7O3. The highest BCUT2D eigenvalue weighted by Crippen LogP contribution is 2.25. The number of nitriles is 1. The molecule has 2 fully saturated rings. The summed E-state index contributed by atoms with van der Waals surface area (Å²) in [6.07, 6.45) is 3.59. The first kappa shape index (κ1) is 28.1. The van der Waals surface area contributed by atoms with Gasteiger partial charge in [0.05, 0.1) is 11.6 Å². The molecule has 4 rings (SSSR count). The van der Waals surface area contributed by atoms with E-state index in [1.807, 2.05) is 39.0 Å². The van der Waals surface area contributed by atoms with Crippen LogP contribution in [-0.4, -0.2) is 64.7 Å². The normalized spacial score (nSPS) is 18.0. The Kier molecular flexibility index (Phi) is 8.90. The molecule has 0 spiro atoms. The molecule has 2 amide bonds. The first-order valence-electron chi connectivity index (χ1n) is 13.8. The van der Waals surface area contributed by atoms with Gasteiger partial charge in [-0.05, 0) is 64.7 Å². The molecule has 1 aromatic heterocycles. The molecule has 0 aliphatic carbocycles. The lowest BCUT2D eigenvalue weighted by atomic mass is 9.95. The van der Waals surface area contributed by atoms with E-state index in [0.29, 0.717) is 44.0 Å². The van der Waals surface area contributed by atoms with E-state index >= 15 is 0 Å². The lowest BCUT2D eigenvalue weighted by Gasteiger charge is -2.33. The van der Waals surface area contributed by atoms with Crippen molar-refractivity contribution in [1.29, 1.82) is 5.26 Å². The molecule has 39 heavy (non-hydrogen) atoms. The molecule has 10 nitrogen and oxygen atoms in total. The number of likely N-dealkylation sites (tertiary alicyclic amines) is 1. The maximum atomic E-state index is 13.0. The predicted octanol–water partition coefficient (Wildman–Crippen LogP) is 4.39. The first-order chi connectivity index (χ1) is 18.6. The third-order valence-corrected chi connectivity index (χ3v) is 6.90. The summed E-state index contributed by atoms with van der Waals surface area (Å²) < 4.78 is 5.46. The molecular weight excluding hydrogens is 494 g/mol. The van der Waals surface area contributed by atoms with Gasteiger partial charge in [-0.3, -0.25) is 4.79 Å². The molecule has 0 saturated carbocycles. The second kappa shape index (κ2) is 12.3. The summed E-state index contributed by atoms with van der Waals surface area (Å²) in [6, 6.07) is 11.5. The Balaban J connectivity index is 1.34.